The van der Waals surface area contributed by atoms with Gasteiger partial charge in [-0.2, -0.15) is 0 Å². The molecule has 0 fully saturated rings. The van der Waals surface area contributed by atoms with Crippen LogP contribution in [0, 0.1) is 5.82 Å². The molecule has 5 N–H and O–H groups in total. The number of ether oxygens (including phenoxy) is 1. The largest absolute Gasteiger partial charge is 0.506 e. The smallest absolute Gasteiger partial charge is 0.196 e. The highest BCUT2D eigenvalue weighted by atomic mass is 19.1. The van der Waals surface area contributed by atoms with Gasteiger partial charge in [-0.05, 0) is 18.2 Å². The Morgan fingerprint density at radius 1 is 1.27 bits per heavy atom. The summed E-state index contributed by atoms with van der Waals surface area (Å²) in [5, 5.41) is 33.9. The molecule has 0 aliphatic heterocycles. The van der Waals surface area contributed by atoms with Crippen LogP contribution in [0.5, 0.6) is 11.5 Å². The van der Waals surface area contributed by atoms with E-state index in [-0.39, 0.29) is 30.5 Å². The Morgan fingerprint density at radius 3 is 2.77 bits per heavy atom. The zero-order valence-electron chi connectivity index (χ0n) is 14.3. The van der Waals surface area contributed by atoms with E-state index in [1.165, 1.54) is 6.07 Å². The van der Waals surface area contributed by atoms with Crippen LogP contribution < -0.4 is 15.4 Å². The highest BCUT2D eigenvalue weighted by Crippen LogP contribution is 2.23. The molecule has 0 amide bonds. The molecule has 0 aromatic heterocycles. The molecule has 140 valence electrons. The first-order valence-electron chi connectivity index (χ1n) is 7.98. The standard InChI is InChI=1S/C18H22FN3O4/c1-26-17-5-3-2-4-12(17)9-20-18(21-10-14(24)11-23)22-15-8-13(19)6-7-16(15)25/h2-8,14,23-25H,9-11H2,1H3,(H2,20,21,22). The highest BCUT2D eigenvalue weighted by molar-refractivity contribution is 5.94. The van der Waals surface area contributed by atoms with E-state index in [0.717, 1.165) is 17.7 Å². The number of anilines is 1. The van der Waals surface area contributed by atoms with Gasteiger partial charge in [0.15, 0.2) is 5.96 Å². The molecule has 0 aliphatic rings. The minimum absolute atomic E-state index is 0.0182. The third-order valence-electron chi connectivity index (χ3n) is 3.53. The first-order valence-corrected chi connectivity index (χ1v) is 7.98. The average Bonchev–Trinajstić information content (AvgIpc) is 2.66. The molecule has 26 heavy (non-hydrogen) atoms. The van der Waals surface area contributed by atoms with Crippen LogP contribution in [0.3, 0.4) is 0 Å². The third-order valence-corrected chi connectivity index (χ3v) is 3.53. The van der Waals surface area contributed by atoms with Crippen LogP contribution >= 0.6 is 0 Å². The number of hydrogen-bond acceptors (Lipinski definition) is 5. The molecule has 1 atom stereocenters. The number of aliphatic hydroxyl groups is 2. The summed E-state index contributed by atoms with van der Waals surface area (Å²) in [5.74, 6) is 0.189. The fraction of sp³-hybridized carbons (Fsp3) is 0.278. The molecule has 2 rings (SSSR count). The zero-order chi connectivity index (χ0) is 18.9. The maximum Gasteiger partial charge on any atom is 0.196 e. The SMILES string of the molecule is COc1ccccc1CN=C(NCC(O)CO)Nc1cc(F)ccc1O. The first kappa shape index (κ1) is 19.5. The van der Waals surface area contributed by atoms with Gasteiger partial charge in [0.05, 0.1) is 32.1 Å². The molecular weight excluding hydrogens is 341 g/mol. The van der Waals surface area contributed by atoms with Crippen molar-refractivity contribution >= 4 is 11.6 Å². The van der Waals surface area contributed by atoms with Crippen LogP contribution in [-0.4, -0.2) is 47.6 Å². The summed E-state index contributed by atoms with van der Waals surface area (Å²) in [4.78, 5) is 4.36. The monoisotopic (exact) mass is 363 g/mol. The van der Waals surface area contributed by atoms with Gasteiger partial charge in [-0.25, -0.2) is 9.38 Å². The number of aromatic hydroxyl groups is 1. The molecular formula is C18H22FN3O4. The lowest BCUT2D eigenvalue weighted by atomic mass is 10.2. The van der Waals surface area contributed by atoms with E-state index in [1.807, 2.05) is 18.2 Å². The molecule has 0 radical (unpaired) electrons. The number of hydrogen-bond donors (Lipinski definition) is 5. The fourth-order valence-electron chi connectivity index (χ4n) is 2.15. The molecule has 2 aromatic rings. The van der Waals surface area contributed by atoms with E-state index in [0.29, 0.717) is 5.75 Å². The highest BCUT2D eigenvalue weighted by Gasteiger charge is 2.09. The number of phenolic OH excluding ortho intramolecular Hbond substituents is 1. The van der Waals surface area contributed by atoms with Crippen LogP contribution in [0.15, 0.2) is 47.5 Å². The summed E-state index contributed by atoms with van der Waals surface area (Å²) in [6, 6.07) is 10.8. The van der Waals surface area contributed by atoms with Crippen LogP contribution in [0.1, 0.15) is 5.56 Å². The van der Waals surface area contributed by atoms with E-state index in [1.54, 1.807) is 13.2 Å². The summed E-state index contributed by atoms with van der Waals surface area (Å²) >= 11 is 0. The lowest BCUT2D eigenvalue weighted by Crippen LogP contribution is -2.38. The van der Waals surface area contributed by atoms with Gasteiger partial charge in [-0.3, -0.25) is 0 Å². The number of methoxy groups -OCH3 is 1. The number of para-hydroxylation sites is 1. The molecule has 7 nitrogen and oxygen atoms in total. The van der Waals surface area contributed by atoms with E-state index in [9.17, 15) is 14.6 Å². The number of nitrogens with zero attached hydrogens (tertiary/aromatic N) is 1. The minimum atomic E-state index is -0.991. The number of phenols is 1. The Kier molecular flexibility index (Phi) is 7.19. The van der Waals surface area contributed by atoms with Crippen molar-refractivity contribution in [3.05, 3.63) is 53.8 Å². The van der Waals surface area contributed by atoms with Crippen molar-refractivity contribution in [3.8, 4) is 11.5 Å². The average molecular weight is 363 g/mol. The summed E-state index contributed by atoms with van der Waals surface area (Å²) in [5.41, 5.74) is 0.942. The lowest BCUT2D eigenvalue weighted by Gasteiger charge is -2.16. The fourth-order valence-corrected chi connectivity index (χ4v) is 2.15. The normalized spacial score (nSPS) is 12.5. The summed E-state index contributed by atoms with van der Waals surface area (Å²) in [7, 11) is 1.56. The zero-order valence-corrected chi connectivity index (χ0v) is 14.3. The predicted molar refractivity (Wildman–Crippen MR) is 96.9 cm³/mol. The second-order valence-corrected chi connectivity index (χ2v) is 5.48. The molecule has 1 unspecified atom stereocenters. The van der Waals surface area contributed by atoms with Crippen molar-refractivity contribution in [1.29, 1.82) is 0 Å². The Balaban J connectivity index is 2.20. The number of aliphatic imine (C=N–C) groups is 1. The third kappa shape index (κ3) is 5.61. The van der Waals surface area contributed by atoms with E-state index in [2.05, 4.69) is 15.6 Å². The van der Waals surface area contributed by atoms with E-state index < -0.39 is 18.5 Å². The van der Waals surface area contributed by atoms with Gasteiger partial charge in [0.1, 0.15) is 17.3 Å². The number of nitrogens with one attached hydrogen (secondary N) is 2. The molecule has 8 heteroatoms. The van der Waals surface area contributed by atoms with Gasteiger partial charge in [0.25, 0.3) is 0 Å². The quantitative estimate of drug-likeness (QED) is 0.290. The van der Waals surface area contributed by atoms with Crippen molar-refractivity contribution < 1.29 is 24.4 Å². The maximum absolute atomic E-state index is 13.4. The van der Waals surface area contributed by atoms with Crippen LogP contribution in [0.25, 0.3) is 0 Å². The van der Waals surface area contributed by atoms with Crippen molar-refractivity contribution in [2.24, 2.45) is 4.99 Å². The van der Waals surface area contributed by atoms with Crippen molar-refractivity contribution in [2.45, 2.75) is 12.6 Å². The van der Waals surface area contributed by atoms with Crippen LogP contribution in [0.4, 0.5) is 10.1 Å². The molecule has 0 aliphatic carbocycles. The van der Waals surface area contributed by atoms with Crippen molar-refractivity contribution in [2.75, 3.05) is 25.6 Å². The molecule has 0 spiro atoms. The van der Waals surface area contributed by atoms with Gasteiger partial charge in [0.2, 0.25) is 0 Å². The van der Waals surface area contributed by atoms with Crippen molar-refractivity contribution in [3.63, 3.8) is 0 Å². The van der Waals surface area contributed by atoms with Crippen molar-refractivity contribution in [1.82, 2.24) is 5.32 Å². The number of halogens is 1. The molecule has 0 saturated heterocycles. The Bertz CT molecular complexity index is 755. The Hall–Kier alpha value is -2.84. The Labute approximate surface area is 150 Å². The predicted octanol–water partition coefficient (Wildman–Crippen LogP) is 1.45. The molecule has 0 heterocycles. The summed E-state index contributed by atoms with van der Waals surface area (Å²) in [6.07, 6.45) is -0.991. The van der Waals surface area contributed by atoms with E-state index >= 15 is 0 Å². The number of aliphatic hydroxyl groups excluding tert-OH is 2. The minimum Gasteiger partial charge on any atom is -0.506 e. The van der Waals surface area contributed by atoms with Gasteiger partial charge < -0.3 is 30.7 Å². The maximum atomic E-state index is 13.4. The summed E-state index contributed by atoms with van der Waals surface area (Å²) < 4.78 is 18.7. The van der Waals surface area contributed by atoms with Gasteiger partial charge in [-0.1, -0.05) is 18.2 Å². The van der Waals surface area contributed by atoms with Gasteiger partial charge in [-0.15, -0.1) is 0 Å². The topological polar surface area (TPSA) is 106 Å². The lowest BCUT2D eigenvalue weighted by molar-refractivity contribution is 0.0982. The van der Waals surface area contributed by atoms with Crippen LogP contribution in [-0.2, 0) is 6.54 Å². The first-order chi connectivity index (χ1) is 12.5. The van der Waals surface area contributed by atoms with E-state index in [4.69, 9.17) is 9.84 Å². The van der Waals surface area contributed by atoms with Gasteiger partial charge >= 0.3 is 0 Å². The van der Waals surface area contributed by atoms with Crippen LogP contribution in [0.2, 0.25) is 0 Å². The number of guanidine groups is 1. The second kappa shape index (κ2) is 9.59. The molecule has 2 aromatic carbocycles. The molecule has 0 saturated carbocycles. The number of rotatable bonds is 7. The second-order valence-electron chi connectivity index (χ2n) is 5.48. The molecule has 0 bridgehead atoms. The summed E-state index contributed by atoms with van der Waals surface area (Å²) in [6.45, 7) is -0.160. The number of benzene rings is 2. The van der Waals surface area contributed by atoms with Gasteiger partial charge in [0, 0.05) is 18.2 Å². The Morgan fingerprint density at radius 2 is 2.04 bits per heavy atom.